The minimum Gasteiger partial charge on any atom is -0.478 e. The van der Waals surface area contributed by atoms with Gasteiger partial charge >= 0.3 is 0 Å². The molecule has 0 amide bonds. The number of thiophene rings is 1. The molecule has 5 heteroatoms. The molecular formula is C14H19N3OS. The maximum atomic E-state index is 5.42. The minimum absolute atomic E-state index is 0.612. The van der Waals surface area contributed by atoms with Crippen LogP contribution < -0.4 is 10.1 Å². The zero-order valence-electron chi connectivity index (χ0n) is 11.6. The highest BCUT2D eigenvalue weighted by Gasteiger charge is 2.05. The number of nitrogens with one attached hydrogen (secondary N) is 1. The predicted octanol–water partition coefficient (Wildman–Crippen LogP) is 3.42. The van der Waals surface area contributed by atoms with Gasteiger partial charge in [-0.25, -0.2) is 4.98 Å². The van der Waals surface area contributed by atoms with Crippen LogP contribution in [0.25, 0.3) is 0 Å². The summed E-state index contributed by atoms with van der Waals surface area (Å²) < 4.78 is 5.42. The fourth-order valence-electron chi connectivity index (χ4n) is 1.84. The van der Waals surface area contributed by atoms with Crippen molar-refractivity contribution in [2.75, 3.05) is 11.9 Å². The second-order valence-corrected chi connectivity index (χ2v) is 5.18. The van der Waals surface area contributed by atoms with Crippen LogP contribution in [0.3, 0.4) is 0 Å². The molecule has 2 rings (SSSR count). The summed E-state index contributed by atoms with van der Waals surface area (Å²) in [6, 6.07) is 4.02. The molecule has 0 saturated carbocycles. The highest BCUT2D eigenvalue weighted by molar-refractivity contribution is 7.10. The number of rotatable bonds is 6. The van der Waals surface area contributed by atoms with Gasteiger partial charge in [-0.05, 0) is 37.3 Å². The summed E-state index contributed by atoms with van der Waals surface area (Å²) in [5, 5.41) is 5.39. The van der Waals surface area contributed by atoms with Gasteiger partial charge in [0.2, 0.25) is 11.8 Å². The molecule has 19 heavy (non-hydrogen) atoms. The summed E-state index contributed by atoms with van der Waals surface area (Å²) in [5.41, 5.74) is 2.29. The van der Waals surface area contributed by atoms with Gasteiger partial charge in [0.05, 0.1) is 13.2 Å². The summed E-state index contributed by atoms with van der Waals surface area (Å²) >= 11 is 1.76. The molecule has 0 aliphatic rings. The van der Waals surface area contributed by atoms with Crippen LogP contribution in [0.15, 0.2) is 17.5 Å². The first-order valence-corrected chi connectivity index (χ1v) is 7.38. The maximum absolute atomic E-state index is 5.42. The lowest BCUT2D eigenvalue weighted by Crippen LogP contribution is -2.06. The van der Waals surface area contributed by atoms with Crippen LogP contribution in [-0.4, -0.2) is 16.6 Å². The van der Waals surface area contributed by atoms with E-state index in [1.807, 2.05) is 19.9 Å². The Kier molecular flexibility index (Phi) is 4.74. The Bertz CT molecular complexity index is 539. The molecule has 0 aromatic carbocycles. The van der Waals surface area contributed by atoms with Crippen LogP contribution in [0.1, 0.15) is 30.0 Å². The molecule has 4 nitrogen and oxygen atoms in total. The van der Waals surface area contributed by atoms with Crippen molar-refractivity contribution in [1.29, 1.82) is 0 Å². The third-order valence-corrected chi connectivity index (χ3v) is 3.71. The zero-order valence-corrected chi connectivity index (χ0v) is 12.4. The average Bonchev–Trinajstić information content (AvgIpc) is 2.83. The van der Waals surface area contributed by atoms with Gasteiger partial charge in [0.25, 0.3) is 0 Å². The summed E-state index contributed by atoms with van der Waals surface area (Å²) in [5.74, 6) is 1.25. The van der Waals surface area contributed by atoms with E-state index in [2.05, 4.69) is 33.7 Å². The number of ether oxygens (including phenoxy) is 1. The number of hydrogen-bond acceptors (Lipinski definition) is 5. The van der Waals surface area contributed by atoms with Gasteiger partial charge in [0, 0.05) is 16.6 Å². The van der Waals surface area contributed by atoms with E-state index in [-0.39, 0.29) is 0 Å². The van der Waals surface area contributed by atoms with E-state index < -0.39 is 0 Å². The van der Waals surface area contributed by atoms with Crippen LogP contribution in [-0.2, 0) is 13.0 Å². The van der Waals surface area contributed by atoms with Crippen LogP contribution in [0.2, 0.25) is 0 Å². The third kappa shape index (κ3) is 3.67. The first-order chi connectivity index (χ1) is 9.22. The molecule has 0 radical (unpaired) electrons. The van der Waals surface area contributed by atoms with E-state index in [1.165, 1.54) is 10.4 Å². The lowest BCUT2D eigenvalue weighted by molar-refractivity contribution is 0.326. The van der Waals surface area contributed by atoms with E-state index in [1.54, 1.807) is 11.3 Å². The molecule has 0 aliphatic carbocycles. The fraction of sp³-hybridized carbons (Fsp3) is 0.429. The molecule has 2 heterocycles. The molecule has 0 bridgehead atoms. The second-order valence-electron chi connectivity index (χ2n) is 4.18. The fourth-order valence-corrected chi connectivity index (χ4v) is 2.75. The Morgan fingerprint density at radius 2 is 2.16 bits per heavy atom. The van der Waals surface area contributed by atoms with Crippen molar-refractivity contribution >= 4 is 17.3 Å². The number of anilines is 1. The van der Waals surface area contributed by atoms with Gasteiger partial charge in [0.15, 0.2) is 0 Å². The molecular weight excluding hydrogens is 258 g/mol. The Morgan fingerprint density at radius 1 is 1.32 bits per heavy atom. The number of aryl methyl sites for hydroxylation is 2. The predicted molar refractivity (Wildman–Crippen MR) is 79.0 cm³/mol. The van der Waals surface area contributed by atoms with E-state index in [4.69, 9.17) is 4.74 Å². The first-order valence-electron chi connectivity index (χ1n) is 6.50. The summed E-state index contributed by atoms with van der Waals surface area (Å²) in [6.45, 7) is 7.43. The monoisotopic (exact) mass is 277 g/mol. The molecule has 2 aromatic rings. The molecule has 1 N–H and O–H groups in total. The maximum Gasteiger partial charge on any atom is 0.226 e. The van der Waals surface area contributed by atoms with Crippen LogP contribution in [0.4, 0.5) is 5.95 Å². The van der Waals surface area contributed by atoms with Crippen molar-refractivity contribution in [2.45, 2.75) is 33.7 Å². The minimum atomic E-state index is 0.612. The third-order valence-electron chi connectivity index (χ3n) is 2.75. The van der Waals surface area contributed by atoms with E-state index >= 15 is 0 Å². The topological polar surface area (TPSA) is 47.0 Å². The van der Waals surface area contributed by atoms with Crippen molar-refractivity contribution in [3.05, 3.63) is 33.6 Å². The SMILES string of the molecule is CCOc1cc(C)nc(NCc2sccc2CC)n1. The molecule has 2 aromatic heterocycles. The van der Waals surface area contributed by atoms with Crippen LogP contribution in [0.5, 0.6) is 5.88 Å². The lowest BCUT2D eigenvalue weighted by atomic mass is 10.2. The van der Waals surface area contributed by atoms with Gasteiger partial charge < -0.3 is 10.1 Å². The second kappa shape index (κ2) is 6.52. The Balaban J connectivity index is 2.06. The van der Waals surface area contributed by atoms with Gasteiger partial charge in [-0.2, -0.15) is 4.98 Å². The zero-order chi connectivity index (χ0) is 13.7. The molecule has 0 fully saturated rings. The normalized spacial score (nSPS) is 10.5. The summed E-state index contributed by atoms with van der Waals surface area (Å²) in [7, 11) is 0. The van der Waals surface area contributed by atoms with Crippen molar-refractivity contribution < 1.29 is 4.74 Å². The number of aromatic nitrogens is 2. The van der Waals surface area contributed by atoms with Crippen LogP contribution in [0, 0.1) is 6.92 Å². The molecule has 0 unspecified atom stereocenters. The van der Waals surface area contributed by atoms with Gasteiger partial charge in [-0.15, -0.1) is 11.3 Å². The number of hydrogen-bond donors (Lipinski definition) is 1. The van der Waals surface area contributed by atoms with Crippen LogP contribution >= 0.6 is 11.3 Å². The molecule has 0 aliphatic heterocycles. The average molecular weight is 277 g/mol. The largest absolute Gasteiger partial charge is 0.478 e. The van der Waals surface area contributed by atoms with E-state index in [0.29, 0.717) is 18.4 Å². The van der Waals surface area contributed by atoms with Crippen molar-refractivity contribution in [3.63, 3.8) is 0 Å². The summed E-state index contributed by atoms with van der Waals surface area (Å²) in [6.07, 6.45) is 1.05. The Hall–Kier alpha value is -1.62. The number of nitrogens with zero attached hydrogens (tertiary/aromatic N) is 2. The van der Waals surface area contributed by atoms with Crippen molar-refractivity contribution in [2.24, 2.45) is 0 Å². The Morgan fingerprint density at radius 3 is 2.89 bits per heavy atom. The summed E-state index contributed by atoms with van der Waals surface area (Å²) in [4.78, 5) is 10.1. The Labute approximate surface area is 117 Å². The standard InChI is InChI=1S/C14H19N3OS/c1-4-11-6-7-19-12(11)9-15-14-16-10(3)8-13(17-14)18-5-2/h6-8H,4-5,9H2,1-3H3,(H,15,16,17). The van der Waals surface area contributed by atoms with E-state index in [9.17, 15) is 0 Å². The first kappa shape index (κ1) is 13.8. The highest BCUT2D eigenvalue weighted by atomic mass is 32.1. The lowest BCUT2D eigenvalue weighted by Gasteiger charge is -2.08. The quantitative estimate of drug-likeness (QED) is 0.879. The van der Waals surface area contributed by atoms with Crippen molar-refractivity contribution in [3.8, 4) is 5.88 Å². The van der Waals surface area contributed by atoms with Gasteiger partial charge in [-0.3, -0.25) is 0 Å². The van der Waals surface area contributed by atoms with Gasteiger partial charge in [-0.1, -0.05) is 6.92 Å². The van der Waals surface area contributed by atoms with Crippen molar-refractivity contribution in [1.82, 2.24) is 9.97 Å². The molecule has 102 valence electrons. The molecule has 0 atom stereocenters. The smallest absolute Gasteiger partial charge is 0.226 e. The highest BCUT2D eigenvalue weighted by Crippen LogP contribution is 2.19. The van der Waals surface area contributed by atoms with E-state index in [0.717, 1.165) is 18.7 Å². The molecule has 0 spiro atoms. The molecule has 0 saturated heterocycles. The van der Waals surface area contributed by atoms with Gasteiger partial charge in [0.1, 0.15) is 0 Å².